The summed E-state index contributed by atoms with van der Waals surface area (Å²) in [5.41, 5.74) is 17.0. The molecule has 0 bridgehead atoms. The second-order valence-electron chi connectivity index (χ2n) is 5.28. The van der Waals surface area contributed by atoms with Gasteiger partial charge in [-0.15, -0.1) is 22.7 Å². The van der Waals surface area contributed by atoms with Gasteiger partial charge in [0.25, 0.3) is 0 Å². The first-order valence-corrected chi connectivity index (χ1v) is 10.2. The summed E-state index contributed by atoms with van der Waals surface area (Å²) in [6, 6.07) is 7.28. The van der Waals surface area contributed by atoms with Gasteiger partial charge in [-0.25, -0.2) is 9.59 Å². The van der Waals surface area contributed by atoms with E-state index in [1.807, 2.05) is 12.1 Å². The van der Waals surface area contributed by atoms with Crippen LogP contribution in [0.1, 0.15) is 23.6 Å². The first-order valence-electron chi connectivity index (χ1n) is 8.60. The molecule has 2 aromatic rings. The number of rotatable bonds is 9. The lowest BCUT2D eigenvalue weighted by atomic mass is 10.3. The summed E-state index contributed by atoms with van der Waals surface area (Å²) in [5, 5.41) is 6.78. The summed E-state index contributed by atoms with van der Waals surface area (Å²) in [7, 11) is 0. The molecule has 0 saturated carbocycles. The molecule has 0 N–H and O–H groups in total. The van der Waals surface area contributed by atoms with Crippen molar-refractivity contribution in [3.63, 3.8) is 0 Å². The van der Waals surface area contributed by atoms with E-state index in [1.165, 1.54) is 34.8 Å². The fourth-order valence-corrected chi connectivity index (χ4v) is 4.14. The number of thiophene rings is 2. The Morgan fingerprint density at radius 3 is 1.60 bits per heavy atom. The van der Waals surface area contributed by atoms with Crippen LogP contribution in [0.25, 0.3) is 42.8 Å². The smallest absolute Gasteiger partial charge is 0.340 e. The van der Waals surface area contributed by atoms with Crippen molar-refractivity contribution in [2.75, 3.05) is 13.2 Å². The predicted molar refractivity (Wildman–Crippen MR) is 115 cm³/mol. The number of ether oxygens (including phenoxy) is 2. The van der Waals surface area contributed by atoms with Gasteiger partial charge in [0.1, 0.15) is 11.4 Å². The average molecular weight is 444 g/mol. The van der Waals surface area contributed by atoms with Gasteiger partial charge in [-0.05, 0) is 61.3 Å². The SMILES string of the molecule is CCOC(=O)/C(=C/c1ccc(-c2ccc(/C=C(\N=[N+]=[N-])C(=O)OCC)s2)s1)N=[N+]=[N-]. The summed E-state index contributed by atoms with van der Waals surface area (Å²) in [5.74, 6) is -1.39. The maximum absolute atomic E-state index is 11.8. The van der Waals surface area contributed by atoms with Crippen LogP contribution in [0.4, 0.5) is 0 Å². The topological polar surface area (TPSA) is 150 Å². The van der Waals surface area contributed by atoms with E-state index in [1.54, 1.807) is 26.0 Å². The molecule has 0 fully saturated rings. The number of carbonyl (C=O) groups excluding carboxylic acids is 2. The lowest BCUT2D eigenvalue weighted by molar-refractivity contribution is -0.139. The van der Waals surface area contributed by atoms with Gasteiger partial charge < -0.3 is 9.47 Å². The molecule has 0 spiro atoms. The van der Waals surface area contributed by atoms with E-state index < -0.39 is 11.9 Å². The number of hydrogen-bond donors (Lipinski definition) is 0. The molecule has 2 heterocycles. The molecular weight excluding hydrogens is 428 g/mol. The number of carbonyl (C=O) groups is 2. The Kier molecular flexibility index (Phi) is 8.67. The maximum atomic E-state index is 11.8. The Morgan fingerprint density at radius 2 is 1.27 bits per heavy atom. The third-order valence-corrected chi connectivity index (χ3v) is 5.59. The number of nitrogens with zero attached hydrogens (tertiary/aromatic N) is 6. The van der Waals surface area contributed by atoms with Gasteiger partial charge in [0, 0.05) is 29.3 Å². The van der Waals surface area contributed by atoms with Gasteiger partial charge in [-0.2, -0.15) is 0 Å². The lowest BCUT2D eigenvalue weighted by Crippen LogP contribution is -2.05. The van der Waals surface area contributed by atoms with Gasteiger partial charge in [-0.3, -0.25) is 0 Å². The molecule has 0 saturated heterocycles. The van der Waals surface area contributed by atoms with E-state index in [2.05, 4.69) is 20.1 Å². The average Bonchev–Trinajstić information content (AvgIpc) is 3.37. The molecule has 30 heavy (non-hydrogen) atoms. The molecule has 0 aromatic carbocycles. The highest BCUT2D eigenvalue weighted by atomic mass is 32.1. The number of esters is 2. The Bertz CT molecular complexity index is 1000. The Morgan fingerprint density at radius 1 is 0.867 bits per heavy atom. The molecule has 12 heteroatoms. The van der Waals surface area contributed by atoms with Crippen LogP contribution in [0, 0.1) is 0 Å². The summed E-state index contributed by atoms with van der Waals surface area (Å²) >= 11 is 2.76. The molecule has 0 aliphatic heterocycles. The summed E-state index contributed by atoms with van der Waals surface area (Å²) < 4.78 is 9.75. The third kappa shape index (κ3) is 6.23. The van der Waals surface area contributed by atoms with Gasteiger partial charge >= 0.3 is 11.9 Å². The maximum Gasteiger partial charge on any atom is 0.340 e. The predicted octanol–water partition coefficient (Wildman–Crippen LogP) is 5.91. The van der Waals surface area contributed by atoms with Crippen molar-refractivity contribution in [1.29, 1.82) is 0 Å². The molecule has 154 valence electrons. The first kappa shape index (κ1) is 22.7. The van der Waals surface area contributed by atoms with Crippen molar-refractivity contribution in [3.8, 4) is 9.75 Å². The highest BCUT2D eigenvalue weighted by molar-refractivity contribution is 7.22. The zero-order chi connectivity index (χ0) is 21.9. The van der Waals surface area contributed by atoms with Crippen LogP contribution in [0.15, 0.2) is 45.9 Å². The van der Waals surface area contributed by atoms with Crippen molar-refractivity contribution in [3.05, 3.63) is 66.3 Å². The van der Waals surface area contributed by atoms with E-state index in [4.69, 9.17) is 20.5 Å². The van der Waals surface area contributed by atoms with E-state index in [0.717, 1.165) is 9.75 Å². The summed E-state index contributed by atoms with van der Waals surface area (Å²) in [6.45, 7) is 3.66. The van der Waals surface area contributed by atoms with Crippen LogP contribution in [0.5, 0.6) is 0 Å². The minimum absolute atomic E-state index is 0.129. The molecule has 0 aliphatic rings. The van der Waals surface area contributed by atoms with E-state index in [-0.39, 0.29) is 24.6 Å². The lowest BCUT2D eigenvalue weighted by Gasteiger charge is -2.00. The molecule has 10 nitrogen and oxygen atoms in total. The monoisotopic (exact) mass is 444 g/mol. The fourth-order valence-electron chi connectivity index (χ4n) is 2.16. The number of hydrogen-bond acceptors (Lipinski definition) is 8. The van der Waals surface area contributed by atoms with Gasteiger partial charge in [-0.1, -0.05) is 10.2 Å². The zero-order valence-corrected chi connectivity index (χ0v) is 17.6. The summed E-state index contributed by atoms with van der Waals surface area (Å²) in [4.78, 5) is 32.2. The van der Waals surface area contributed by atoms with Crippen molar-refractivity contribution in [2.45, 2.75) is 13.8 Å². The van der Waals surface area contributed by atoms with E-state index in [0.29, 0.717) is 9.75 Å². The molecule has 0 radical (unpaired) electrons. The highest BCUT2D eigenvalue weighted by Gasteiger charge is 2.12. The van der Waals surface area contributed by atoms with E-state index in [9.17, 15) is 9.59 Å². The van der Waals surface area contributed by atoms with Crippen LogP contribution >= 0.6 is 22.7 Å². The fraction of sp³-hybridized carbons (Fsp3) is 0.222. The normalized spacial score (nSPS) is 11.3. The van der Waals surface area contributed by atoms with Crippen LogP contribution in [-0.2, 0) is 19.1 Å². The molecule has 2 rings (SSSR count). The van der Waals surface area contributed by atoms with Crippen molar-refractivity contribution >= 4 is 46.8 Å². The Labute approximate surface area is 179 Å². The number of azide groups is 2. The second-order valence-corrected chi connectivity index (χ2v) is 7.51. The quantitative estimate of drug-likeness (QED) is 0.155. The Balaban J connectivity index is 2.29. The van der Waals surface area contributed by atoms with Crippen molar-refractivity contribution in [2.24, 2.45) is 10.2 Å². The largest absolute Gasteiger partial charge is 0.462 e. The standard InChI is InChI=1S/C18H16N6O4S2/c1-3-27-17(25)13(21-23-19)9-11-5-7-15(29-11)16-8-6-12(30-16)10-14(22-24-20)18(26)28-4-2/h5-10H,3-4H2,1-2H3/b13-9-,14-10-. The van der Waals surface area contributed by atoms with Crippen LogP contribution < -0.4 is 0 Å². The van der Waals surface area contributed by atoms with Crippen LogP contribution in [0.2, 0.25) is 0 Å². The zero-order valence-electron chi connectivity index (χ0n) is 16.0. The molecule has 0 amide bonds. The Hall–Kier alpha value is -3.56. The third-order valence-electron chi connectivity index (χ3n) is 3.33. The van der Waals surface area contributed by atoms with Gasteiger partial charge in [0.2, 0.25) is 0 Å². The molecule has 0 aliphatic carbocycles. The molecule has 0 atom stereocenters. The molecular formula is C18H16N6O4S2. The minimum atomic E-state index is -0.696. The molecule has 2 aromatic heterocycles. The van der Waals surface area contributed by atoms with Crippen molar-refractivity contribution < 1.29 is 19.1 Å². The van der Waals surface area contributed by atoms with Gasteiger partial charge in [0.15, 0.2) is 0 Å². The summed E-state index contributed by atoms with van der Waals surface area (Å²) in [6.07, 6.45) is 2.92. The van der Waals surface area contributed by atoms with E-state index >= 15 is 0 Å². The highest BCUT2D eigenvalue weighted by Crippen LogP contribution is 2.35. The molecule has 0 unspecified atom stereocenters. The minimum Gasteiger partial charge on any atom is -0.462 e. The first-order chi connectivity index (χ1) is 14.5. The van der Waals surface area contributed by atoms with Crippen molar-refractivity contribution in [1.82, 2.24) is 0 Å². The van der Waals surface area contributed by atoms with Crippen LogP contribution in [0.3, 0.4) is 0 Å². The second kappa shape index (κ2) is 11.4. The van der Waals surface area contributed by atoms with Crippen LogP contribution in [-0.4, -0.2) is 25.2 Å². The van der Waals surface area contributed by atoms with Gasteiger partial charge in [0.05, 0.1) is 13.2 Å².